The first kappa shape index (κ1) is 19.2. The highest BCUT2D eigenvalue weighted by molar-refractivity contribution is 5.97. The summed E-state index contributed by atoms with van der Waals surface area (Å²) in [6.07, 6.45) is 1.18. The summed E-state index contributed by atoms with van der Waals surface area (Å²) in [4.78, 5) is 26.2. The molecular weight excluding hydrogens is 345 g/mol. The molecule has 1 aliphatic heterocycles. The van der Waals surface area contributed by atoms with Crippen molar-refractivity contribution in [3.8, 4) is 0 Å². The number of ketones is 1. The van der Waals surface area contributed by atoms with Crippen LogP contribution in [-0.4, -0.2) is 34.8 Å². The fraction of sp³-hybridized carbons (Fsp3) is 0.364. The largest absolute Gasteiger partial charge is 0.385 e. The van der Waals surface area contributed by atoms with Gasteiger partial charge in [0.1, 0.15) is 5.82 Å². The number of amides is 1. The van der Waals surface area contributed by atoms with Gasteiger partial charge in [-0.3, -0.25) is 9.59 Å². The van der Waals surface area contributed by atoms with Crippen LogP contribution in [0.15, 0.2) is 48.5 Å². The molecule has 0 saturated carbocycles. The van der Waals surface area contributed by atoms with Crippen LogP contribution >= 0.6 is 0 Å². The van der Waals surface area contributed by atoms with Crippen LogP contribution in [0.25, 0.3) is 0 Å². The van der Waals surface area contributed by atoms with E-state index in [9.17, 15) is 19.1 Å². The SMILES string of the molecule is Cc1ccc(C2(O)CCN(C(=O)CCC(=O)c3ccc(F)cc3)CC2)cc1. The first-order valence-electron chi connectivity index (χ1n) is 9.23. The average Bonchev–Trinajstić information content (AvgIpc) is 2.67. The van der Waals surface area contributed by atoms with Crippen molar-refractivity contribution in [3.63, 3.8) is 0 Å². The van der Waals surface area contributed by atoms with E-state index in [-0.39, 0.29) is 24.5 Å². The van der Waals surface area contributed by atoms with Gasteiger partial charge in [-0.05, 0) is 49.6 Å². The molecule has 4 nitrogen and oxygen atoms in total. The van der Waals surface area contributed by atoms with Crippen molar-refractivity contribution < 1.29 is 19.1 Å². The molecule has 0 unspecified atom stereocenters. The minimum absolute atomic E-state index is 0.0867. The van der Waals surface area contributed by atoms with Gasteiger partial charge >= 0.3 is 0 Å². The average molecular weight is 369 g/mol. The van der Waals surface area contributed by atoms with Crippen molar-refractivity contribution >= 4 is 11.7 Å². The standard InChI is InChI=1S/C22H24FNO3/c1-16-2-6-18(7-3-16)22(27)12-14-24(15-13-22)21(26)11-10-20(25)17-4-8-19(23)9-5-17/h2-9,27H,10-15H2,1H3. The molecule has 0 radical (unpaired) electrons. The molecule has 1 aliphatic rings. The number of hydrogen-bond acceptors (Lipinski definition) is 3. The van der Waals surface area contributed by atoms with Crippen molar-refractivity contribution in [1.82, 2.24) is 4.90 Å². The minimum Gasteiger partial charge on any atom is -0.385 e. The lowest BCUT2D eigenvalue weighted by Gasteiger charge is -2.38. The Morgan fingerprint density at radius 2 is 1.59 bits per heavy atom. The zero-order valence-electron chi connectivity index (χ0n) is 15.5. The summed E-state index contributed by atoms with van der Waals surface area (Å²) in [6.45, 7) is 2.93. The second-order valence-corrected chi connectivity index (χ2v) is 7.21. The van der Waals surface area contributed by atoms with E-state index < -0.39 is 11.4 Å². The second-order valence-electron chi connectivity index (χ2n) is 7.21. The number of benzene rings is 2. The summed E-state index contributed by atoms with van der Waals surface area (Å²) < 4.78 is 12.9. The van der Waals surface area contributed by atoms with Gasteiger partial charge in [-0.15, -0.1) is 0 Å². The Morgan fingerprint density at radius 3 is 2.19 bits per heavy atom. The number of piperidine rings is 1. The third-order valence-corrected chi connectivity index (χ3v) is 5.26. The Kier molecular flexibility index (Phi) is 5.71. The number of likely N-dealkylation sites (tertiary alicyclic amines) is 1. The van der Waals surface area contributed by atoms with Gasteiger partial charge in [0, 0.05) is 31.5 Å². The van der Waals surface area contributed by atoms with Gasteiger partial charge in [-0.1, -0.05) is 29.8 Å². The number of Topliss-reactive ketones (excluding diaryl/α,β-unsaturated/α-hetero) is 1. The third kappa shape index (κ3) is 4.61. The maximum atomic E-state index is 12.9. The van der Waals surface area contributed by atoms with E-state index in [1.807, 2.05) is 31.2 Å². The lowest BCUT2D eigenvalue weighted by Crippen LogP contribution is -2.45. The zero-order valence-corrected chi connectivity index (χ0v) is 15.5. The second kappa shape index (κ2) is 8.01. The zero-order chi connectivity index (χ0) is 19.4. The van der Waals surface area contributed by atoms with E-state index in [1.54, 1.807) is 4.90 Å². The van der Waals surface area contributed by atoms with Gasteiger partial charge in [-0.25, -0.2) is 4.39 Å². The van der Waals surface area contributed by atoms with Crippen molar-refractivity contribution in [1.29, 1.82) is 0 Å². The van der Waals surface area contributed by atoms with E-state index in [4.69, 9.17) is 0 Å². The van der Waals surface area contributed by atoms with Crippen LogP contribution in [0.5, 0.6) is 0 Å². The number of nitrogens with zero attached hydrogens (tertiary/aromatic N) is 1. The topological polar surface area (TPSA) is 57.6 Å². The third-order valence-electron chi connectivity index (χ3n) is 5.26. The lowest BCUT2D eigenvalue weighted by atomic mass is 9.84. The fourth-order valence-corrected chi connectivity index (χ4v) is 3.44. The quantitative estimate of drug-likeness (QED) is 0.819. The van der Waals surface area contributed by atoms with Crippen LogP contribution in [0.4, 0.5) is 4.39 Å². The van der Waals surface area contributed by atoms with Gasteiger partial charge in [-0.2, -0.15) is 0 Å². The van der Waals surface area contributed by atoms with E-state index in [1.165, 1.54) is 24.3 Å². The number of aryl methyl sites for hydroxylation is 1. The van der Waals surface area contributed by atoms with E-state index in [2.05, 4.69) is 0 Å². The molecule has 2 aromatic carbocycles. The highest BCUT2D eigenvalue weighted by Crippen LogP contribution is 2.33. The first-order valence-corrected chi connectivity index (χ1v) is 9.23. The minimum atomic E-state index is -0.908. The Morgan fingerprint density at radius 1 is 1.00 bits per heavy atom. The molecule has 0 atom stereocenters. The van der Waals surface area contributed by atoms with Crippen LogP contribution in [-0.2, 0) is 10.4 Å². The maximum Gasteiger partial charge on any atom is 0.223 e. The molecule has 27 heavy (non-hydrogen) atoms. The van der Waals surface area contributed by atoms with E-state index in [0.29, 0.717) is 31.5 Å². The lowest BCUT2D eigenvalue weighted by molar-refractivity contribution is -0.135. The van der Waals surface area contributed by atoms with Gasteiger partial charge in [0.2, 0.25) is 5.91 Å². The summed E-state index contributed by atoms with van der Waals surface area (Å²) in [5, 5.41) is 10.9. The Balaban J connectivity index is 1.51. The predicted octanol–water partition coefficient (Wildman–Crippen LogP) is 3.61. The summed E-state index contributed by atoms with van der Waals surface area (Å²) in [5.74, 6) is -0.648. The smallest absolute Gasteiger partial charge is 0.223 e. The summed E-state index contributed by atoms with van der Waals surface area (Å²) in [7, 11) is 0. The number of carbonyl (C=O) groups is 2. The number of rotatable bonds is 5. The Labute approximate surface area is 158 Å². The molecule has 1 fully saturated rings. The highest BCUT2D eigenvalue weighted by atomic mass is 19.1. The summed E-state index contributed by atoms with van der Waals surface area (Å²) in [5.41, 5.74) is 1.53. The van der Waals surface area contributed by atoms with Gasteiger partial charge in [0.05, 0.1) is 5.60 Å². The summed E-state index contributed by atoms with van der Waals surface area (Å²) in [6, 6.07) is 13.2. The van der Waals surface area contributed by atoms with Gasteiger partial charge in [0.25, 0.3) is 0 Å². The van der Waals surface area contributed by atoms with Crippen molar-refractivity contribution in [2.75, 3.05) is 13.1 Å². The van der Waals surface area contributed by atoms with Gasteiger partial charge < -0.3 is 10.0 Å². The molecule has 1 heterocycles. The molecule has 0 aliphatic carbocycles. The number of halogens is 1. The molecule has 2 aromatic rings. The van der Waals surface area contributed by atoms with Crippen LogP contribution in [0.2, 0.25) is 0 Å². The highest BCUT2D eigenvalue weighted by Gasteiger charge is 2.35. The molecule has 1 amide bonds. The van der Waals surface area contributed by atoms with E-state index in [0.717, 1.165) is 11.1 Å². The molecule has 142 valence electrons. The molecule has 3 rings (SSSR count). The van der Waals surface area contributed by atoms with E-state index >= 15 is 0 Å². The first-order chi connectivity index (χ1) is 12.9. The summed E-state index contributed by atoms with van der Waals surface area (Å²) >= 11 is 0. The fourth-order valence-electron chi connectivity index (χ4n) is 3.44. The number of aliphatic hydroxyl groups is 1. The number of carbonyl (C=O) groups excluding carboxylic acids is 2. The molecule has 1 saturated heterocycles. The van der Waals surface area contributed by atoms with Crippen molar-refractivity contribution in [3.05, 3.63) is 71.0 Å². The van der Waals surface area contributed by atoms with Crippen LogP contribution in [0.1, 0.15) is 47.2 Å². The molecule has 0 spiro atoms. The molecule has 0 bridgehead atoms. The normalized spacial score (nSPS) is 16.2. The predicted molar refractivity (Wildman–Crippen MR) is 101 cm³/mol. The Hall–Kier alpha value is -2.53. The van der Waals surface area contributed by atoms with Crippen molar-refractivity contribution in [2.24, 2.45) is 0 Å². The monoisotopic (exact) mass is 369 g/mol. The molecule has 0 aromatic heterocycles. The Bertz CT molecular complexity index is 806. The van der Waals surface area contributed by atoms with Crippen molar-refractivity contribution in [2.45, 2.75) is 38.2 Å². The maximum absolute atomic E-state index is 12.9. The van der Waals surface area contributed by atoms with Crippen LogP contribution < -0.4 is 0 Å². The van der Waals surface area contributed by atoms with Crippen LogP contribution in [0, 0.1) is 12.7 Å². The van der Waals surface area contributed by atoms with Crippen LogP contribution in [0.3, 0.4) is 0 Å². The molecule has 5 heteroatoms. The molecular formula is C22H24FNO3. The molecule has 1 N–H and O–H groups in total. The number of hydrogen-bond donors (Lipinski definition) is 1. The van der Waals surface area contributed by atoms with Gasteiger partial charge in [0.15, 0.2) is 5.78 Å².